The minimum atomic E-state index is -4.18. The van der Waals surface area contributed by atoms with E-state index in [0.717, 1.165) is 11.8 Å². The summed E-state index contributed by atoms with van der Waals surface area (Å²) < 4.78 is 28.2. The molecule has 0 spiro atoms. The van der Waals surface area contributed by atoms with Gasteiger partial charge in [-0.2, -0.15) is 8.42 Å². The van der Waals surface area contributed by atoms with Crippen molar-refractivity contribution >= 4 is 39.4 Å². The molecule has 4 rings (SSSR count). The molecule has 0 atom stereocenters. The van der Waals surface area contributed by atoms with E-state index in [9.17, 15) is 22.8 Å². The lowest BCUT2D eigenvalue weighted by Crippen LogP contribution is -2.26. The molecule has 4 aromatic carbocycles. The van der Waals surface area contributed by atoms with Crippen LogP contribution in [0.3, 0.4) is 0 Å². The molecule has 11 heteroatoms. The highest BCUT2D eigenvalue weighted by Gasteiger charge is 2.23. The number of rotatable bonds is 10. The zero-order chi connectivity index (χ0) is 30.3. The summed E-state index contributed by atoms with van der Waals surface area (Å²) in [5, 5.41) is 13.1. The maximum atomic E-state index is 13.3. The Morgan fingerprint density at radius 3 is 2.07 bits per heavy atom. The van der Waals surface area contributed by atoms with Crippen LogP contribution >= 0.6 is 0 Å². The number of hydrogen-bond acceptors (Lipinski definition) is 7. The molecule has 0 unspecified atom stereocenters. The molecule has 5 N–H and O–H groups in total. The van der Waals surface area contributed by atoms with Crippen LogP contribution in [0.15, 0.2) is 97.1 Å². The summed E-state index contributed by atoms with van der Waals surface area (Å²) in [5.41, 5.74) is 8.06. The predicted molar refractivity (Wildman–Crippen MR) is 160 cm³/mol. The van der Waals surface area contributed by atoms with Crippen LogP contribution in [-0.4, -0.2) is 44.8 Å². The van der Waals surface area contributed by atoms with Crippen LogP contribution in [0.5, 0.6) is 0 Å². The van der Waals surface area contributed by atoms with Crippen LogP contribution in [0, 0.1) is 5.41 Å². The third-order valence-corrected chi connectivity index (χ3v) is 6.64. The van der Waals surface area contributed by atoms with Gasteiger partial charge in [0.1, 0.15) is 5.84 Å². The van der Waals surface area contributed by atoms with Gasteiger partial charge in [-0.3, -0.25) is 15.0 Å². The van der Waals surface area contributed by atoms with Crippen molar-refractivity contribution in [3.63, 3.8) is 0 Å². The Morgan fingerprint density at radius 1 is 0.786 bits per heavy atom. The minimum absolute atomic E-state index is 0.111. The quantitative estimate of drug-likeness (QED) is 0.124. The third-order valence-electron chi connectivity index (χ3n) is 6.19. The fraction of sp³-hybridized carbons (Fsp3) is 0.0968. The Morgan fingerprint density at radius 2 is 1.40 bits per heavy atom. The first-order valence-corrected chi connectivity index (χ1v) is 14.6. The smallest absolute Gasteiger partial charge is 0.354 e. The van der Waals surface area contributed by atoms with Gasteiger partial charge < -0.3 is 20.6 Å². The van der Waals surface area contributed by atoms with Crippen molar-refractivity contribution in [2.45, 2.75) is 6.42 Å². The molecule has 0 aliphatic carbocycles. The van der Waals surface area contributed by atoms with Crippen molar-refractivity contribution in [2.75, 3.05) is 18.1 Å². The van der Waals surface area contributed by atoms with Gasteiger partial charge in [-0.05, 0) is 65.6 Å². The average Bonchev–Trinajstić information content (AvgIpc) is 2.96. The van der Waals surface area contributed by atoms with E-state index in [2.05, 4.69) is 14.8 Å². The van der Waals surface area contributed by atoms with E-state index in [4.69, 9.17) is 11.1 Å². The van der Waals surface area contributed by atoms with E-state index in [1.54, 1.807) is 48.5 Å². The second-order valence-electron chi connectivity index (χ2n) is 9.32. The molecule has 0 fully saturated rings. The Hall–Kier alpha value is -5.29. The van der Waals surface area contributed by atoms with Crippen molar-refractivity contribution in [1.82, 2.24) is 5.32 Å². The van der Waals surface area contributed by atoms with Gasteiger partial charge in [0, 0.05) is 28.9 Å². The van der Waals surface area contributed by atoms with Crippen LogP contribution < -0.4 is 16.4 Å². The van der Waals surface area contributed by atoms with Crippen molar-refractivity contribution in [3.8, 4) is 11.1 Å². The third kappa shape index (κ3) is 7.67. The summed E-state index contributed by atoms with van der Waals surface area (Å²) in [5.74, 6) is -2.28. The number of nitrogens with one attached hydrogen (secondary N) is 3. The second-order valence-corrected chi connectivity index (χ2v) is 10.9. The number of carbonyl (C=O) groups is 3. The molecule has 0 aliphatic heterocycles. The molecule has 2 amide bonds. The first-order valence-electron chi connectivity index (χ1n) is 12.8. The average molecular weight is 585 g/mol. The highest BCUT2D eigenvalue weighted by Crippen LogP contribution is 2.30. The topological polar surface area (TPSA) is 169 Å². The van der Waals surface area contributed by atoms with Crippen molar-refractivity contribution in [1.29, 1.82) is 5.41 Å². The summed E-state index contributed by atoms with van der Waals surface area (Å²) >= 11 is 0. The lowest BCUT2D eigenvalue weighted by molar-refractivity contribution is 0.0748. The molecule has 10 nitrogen and oxygen atoms in total. The molecule has 0 aliphatic rings. The lowest BCUT2D eigenvalue weighted by atomic mass is 9.93. The molecular weight excluding hydrogens is 556 g/mol. The fourth-order valence-electron chi connectivity index (χ4n) is 4.19. The maximum absolute atomic E-state index is 13.3. The van der Waals surface area contributed by atoms with Crippen LogP contribution in [-0.2, 0) is 20.7 Å². The highest BCUT2D eigenvalue weighted by atomic mass is 32.2. The van der Waals surface area contributed by atoms with Crippen molar-refractivity contribution < 1.29 is 27.0 Å². The zero-order valence-corrected chi connectivity index (χ0v) is 23.4. The first kappa shape index (κ1) is 29.7. The lowest BCUT2D eigenvalue weighted by Gasteiger charge is -2.15. The van der Waals surface area contributed by atoms with Gasteiger partial charge in [0.15, 0.2) is 0 Å². The van der Waals surface area contributed by atoms with Gasteiger partial charge in [-0.15, -0.1) is 0 Å². The van der Waals surface area contributed by atoms with Gasteiger partial charge in [-0.1, -0.05) is 54.6 Å². The summed E-state index contributed by atoms with van der Waals surface area (Å²) in [6, 6.07) is 26.6. The molecule has 4 aromatic rings. The van der Waals surface area contributed by atoms with Gasteiger partial charge in [-0.25, -0.2) is 4.79 Å². The first-order chi connectivity index (χ1) is 20.0. The van der Waals surface area contributed by atoms with Gasteiger partial charge >= 0.3 is 16.1 Å². The largest absolute Gasteiger partial charge is 0.384 e. The van der Waals surface area contributed by atoms with Crippen LogP contribution in [0.2, 0.25) is 0 Å². The SMILES string of the molecule is CS(=O)(=O)OC(=O)c1cc(C(=O)NCCc2ccccc2)ccc1-c1ccccc1C(=O)Nc1ccc(C(=N)N)cc1. The highest BCUT2D eigenvalue weighted by molar-refractivity contribution is 7.86. The molecule has 214 valence electrons. The standard InChI is InChI=1S/C31H28N4O6S/c1-42(39,40)41-31(38)27-19-22(29(36)34-18-17-20-7-3-2-4-8-20)13-16-25(27)24-9-5-6-10-26(24)30(37)35-23-14-11-21(12-15-23)28(32)33/h2-16,19H,17-18H2,1H3,(H3,32,33)(H,34,36)(H,35,37). The number of anilines is 1. The monoisotopic (exact) mass is 584 g/mol. The zero-order valence-electron chi connectivity index (χ0n) is 22.6. The van der Waals surface area contributed by atoms with E-state index < -0.39 is 27.9 Å². The molecule has 0 bridgehead atoms. The van der Waals surface area contributed by atoms with Gasteiger partial charge in [0.25, 0.3) is 11.8 Å². The molecule has 0 heterocycles. The number of hydrogen-bond donors (Lipinski definition) is 4. The Labute approximate surface area is 243 Å². The number of benzene rings is 4. The molecular formula is C31H28N4O6S. The van der Waals surface area contributed by atoms with E-state index >= 15 is 0 Å². The molecule has 0 saturated carbocycles. The Bertz CT molecular complexity index is 1750. The number of nitrogen functional groups attached to an aromatic ring is 1. The Kier molecular flexibility index (Phi) is 9.13. The summed E-state index contributed by atoms with van der Waals surface area (Å²) in [6.45, 7) is 0.337. The molecule has 0 radical (unpaired) electrons. The van der Waals surface area contributed by atoms with E-state index in [1.807, 2.05) is 30.3 Å². The van der Waals surface area contributed by atoms with Crippen molar-refractivity contribution in [2.24, 2.45) is 5.73 Å². The van der Waals surface area contributed by atoms with Crippen LogP contribution in [0.4, 0.5) is 5.69 Å². The summed E-state index contributed by atoms with van der Waals surface area (Å²) in [4.78, 5) is 39.2. The number of amidine groups is 1. The number of amides is 2. The normalized spacial score (nSPS) is 10.9. The van der Waals surface area contributed by atoms with E-state index in [-0.39, 0.29) is 28.1 Å². The Balaban J connectivity index is 1.65. The van der Waals surface area contributed by atoms with Crippen LogP contribution in [0.25, 0.3) is 11.1 Å². The summed E-state index contributed by atoms with van der Waals surface area (Å²) in [6.07, 6.45) is 1.33. The van der Waals surface area contributed by atoms with E-state index in [0.29, 0.717) is 29.8 Å². The second kappa shape index (κ2) is 12.9. The predicted octanol–water partition coefficient (Wildman–Crippen LogP) is 3.98. The van der Waals surface area contributed by atoms with Crippen molar-refractivity contribution in [3.05, 3.63) is 125 Å². The number of nitrogens with two attached hydrogens (primary N) is 1. The van der Waals surface area contributed by atoms with E-state index in [1.165, 1.54) is 18.2 Å². The van der Waals surface area contributed by atoms with Gasteiger partial charge in [0.05, 0.1) is 11.8 Å². The minimum Gasteiger partial charge on any atom is -0.384 e. The summed E-state index contributed by atoms with van der Waals surface area (Å²) in [7, 11) is -4.18. The molecule has 0 saturated heterocycles. The maximum Gasteiger partial charge on any atom is 0.354 e. The number of carbonyl (C=O) groups excluding carboxylic acids is 3. The van der Waals surface area contributed by atoms with Gasteiger partial charge in [0.2, 0.25) is 0 Å². The van der Waals surface area contributed by atoms with Crippen LogP contribution in [0.1, 0.15) is 42.2 Å². The fourth-order valence-corrected chi connectivity index (χ4v) is 4.55. The molecule has 42 heavy (non-hydrogen) atoms. The molecule has 0 aromatic heterocycles.